The van der Waals surface area contributed by atoms with Crippen molar-refractivity contribution in [1.29, 1.82) is 0 Å². The molecule has 0 aromatic heterocycles. The van der Waals surface area contributed by atoms with E-state index < -0.39 is 11.7 Å². The summed E-state index contributed by atoms with van der Waals surface area (Å²) in [6.07, 6.45) is -4.38. The predicted octanol–water partition coefficient (Wildman–Crippen LogP) is 4.94. The van der Waals surface area contributed by atoms with Gasteiger partial charge in [0.05, 0.1) is 5.56 Å². The van der Waals surface area contributed by atoms with Crippen molar-refractivity contribution >= 4 is 10.8 Å². The van der Waals surface area contributed by atoms with Gasteiger partial charge in [-0.3, -0.25) is 0 Å². The van der Waals surface area contributed by atoms with E-state index in [1.54, 1.807) is 12.1 Å². The highest BCUT2D eigenvalue weighted by Crippen LogP contribution is 2.37. The van der Waals surface area contributed by atoms with E-state index in [0.29, 0.717) is 21.9 Å². The zero-order chi connectivity index (χ0) is 15.9. The van der Waals surface area contributed by atoms with Crippen molar-refractivity contribution in [3.63, 3.8) is 0 Å². The van der Waals surface area contributed by atoms with Crippen LogP contribution in [0.3, 0.4) is 0 Å². The van der Waals surface area contributed by atoms with Crippen molar-refractivity contribution in [1.82, 2.24) is 0 Å². The van der Waals surface area contributed by atoms with E-state index in [9.17, 15) is 23.4 Å². The first kappa shape index (κ1) is 14.3. The van der Waals surface area contributed by atoms with Crippen LogP contribution in [0.25, 0.3) is 21.9 Å². The summed E-state index contributed by atoms with van der Waals surface area (Å²) in [5, 5.41) is 20.6. The number of benzene rings is 3. The second-order valence-electron chi connectivity index (χ2n) is 4.94. The van der Waals surface area contributed by atoms with E-state index in [1.807, 2.05) is 0 Å². The molecule has 0 atom stereocenters. The van der Waals surface area contributed by atoms with Gasteiger partial charge in [-0.1, -0.05) is 18.2 Å². The van der Waals surface area contributed by atoms with Gasteiger partial charge in [-0.05, 0) is 52.9 Å². The minimum atomic E-state index is -4.38. The van der Waals surface area contributed by atoms with Gasteiger partial charge in [0.25, 0.3) is 0 Å². The lowest BCUT2D eigenvalue weighted by atomic mass is 9.96. The van der Waals surface area contributed by atoms with Crippen molar-refractivity contribution in [3.05, 3.63) is 60.2 Å². The van der Waals surface area contributed by atoms with Crippen molar-refractivity contribution in [2.24, 2.45) is 0 Å². The van der Waals surface area contributed by atoms with Crippen LogP contribution in [0.4, 0.5) is 13.2 Å². The Kier molecular flexibility index (Phi) is 3.20. The molecule has 0 aliphatic rings. The zero-order valence-corrected chi connectivity index (χ0v) is 11.2. The topological polar surface area (TPSA) is 40.5 Å². The van der Waals surface area contributed by atoms with E-state index in [-0.39, 0.29) is 11.5 Å². The third-order valence-electron chi connectivity index (χ3n) is 3.50. The molecule has 2 N–H and O–H groups in total. The molecule has 3 aromatic carbocycles. The largest absolute Gasteiger partial charge is 0.508 e. The summed E-state index contributed by atoms with van der Waals surface area (Å²) in [5.74, 6) is 0.0666. The molecule has 0 aliphatic carbocycles. The molecule has 112 valence electrons. The highest BCUT2D eigenvalue weighted by atomic mass is 19.4. The highest BCUT2D eigenvalue weighted by Gasteiger charge is 2.30. The summed E-state index contributed by atoms with van der Waals surface area (Å²) in [4.78, 5) is 0. The van der Waals surface area contributed by atoms with E-state index in [2.05, 4.69) is 0 Å². The molecular weight excluding hydrogens is 293 g/mol. The molecule has 3 aromatic rings. The first-order valence-electron chi connectivity index (χ1n) is 6.48. The zero-order valence-electron chi connectivity index (χ0n) is 11.2. The third kappa shape index (κ3) is 2.45. The van der Waals surface area contributed by atoms with E-state index in [1.165, 1.54) is 30.3 Å². The van der Waals surface area contributed by atoms with Gasteiger partial charge in [0.15, 0.2) is 0 Å². The summed E-state index contributed by atoms with van der Waals surface area (Å²) in [6.45, 7) is 0. The second kappa shape index (κ2) is 4.94. The standard InChI is InChI=1S/C17H11F3O2/c18-17(19,20)11-3-1-10(2-4-11)13-7-8-16(22)14-6-5-12(21)9-15(13)14/h1-9,21-22H. The maximum Gasteiger partial charge on any atom is 0.416 e. The molecule has 0 radical (unpaired) electrons. The van der Waals surface area contributed by atoms with Gasteiger partial charge in [-0.2, -0.15) is 13.2 Å². The molecule has 0 fully saturated rings. The van der Waals surface area contributed by atoms with Crippen LogP contribution >= 0.6 is 0 Å². The Morgan fingerprint density at radius 3 is 2.05 bits per heavy atom. The predicted molar refractivity (Wildman–Crippen MR) is 77.7 cm³/mol. The Morgan fingerprint density at radius 1 is 0.727 bits per heavy atom. The van der Waals surface area contributed by atoms with Crippen molar-refractivity contribution in [3.8, 4) is 22.6 Å². The Balaban J connectivity index is 2.18. The summed E-state index contributed by atoms with van der Waals surface area (Å²) in [7, 11) is 0. The van der Waals surface area contributed by atoms with Crippen LogP contribution in [-0.4, -0.2) is 10.2 Å². The summed E-state index contributed by atoms with van der Waals surface area (Å²) in [6, 6.07) is 12.3. The average molecular weight is 304 g/mol. The van der Waals surface area contributed by atoms with Gasteiger partial charge in [-0.25, -0.2) is 0 Å². The van der Waals surface area contributed by atoms with Crippen LogP contribution in [0.5, 0.6) is 11.5 Å². The van der Waals surface area contributed by atoms with Gasteiger partial charge in [0, 0.05) is 5.39 Å². The minimum Gasteiger partial charge on any atom is -0.508 e. The summed E-state index contributed by atoms with van der Waals surface area (Å²) in [5.41, 5.74) is 0.489. The molecule has 0 aliphatic heterocycles. The lowest BCUT2D eigenvalue weighted by Gasteiger charge is -2.11. The maximum atomic E-state index is 12.6. The molecule has 0 spiro atoms. The number of aromatic hydroxyl groups is 2. The molecule has 2 nitrogen and oxygen atoms in total. The molecule has 0 heterocycles. The maximum absolute atomic E-state index is 12.6. The number of alkyl halides is 3. The first-order chi connectivity index (χ1) is 10.4. The molecule has 22 heavy (non-hydrogen) atoms. The average Bonchev–Trinajstić information content (AvgIpc) is 2.47. The van der Waals surface area contributed by atoms with E-state index in [0.717, 1.165) is 12.1 Å². The molecular formula is C17H11F3O2. The number of halogens is 3. The number of hydrogen-bond donors (Lipinski definition) is 2. The van der Waals surface area contributed by atoms with Gasteiger partial charge in [-0.15, -0.1) is 0 Å². The fourth-order valence-electron chi connectivity index (χ4n) is 2.41. The molecule has 0 amide bonds. The lowest BCUT2D eigenvalue weighted by Crippen LogP contribution is -2.03. The molecule has 5 heteroatoms. The second-order valence-corrected chi connectivity index (χ2v) is 4.94. The molecule has 3 rings (SSSR count). The van der Waals surface area contributed by atoms with Gasteiger partial charge < -0.3 is 10.2 Å². The molecule has 0 unspecified atom stereocenters. The van der Waals surface area contributed by atoms with Gasteiger partial charge in [0.1, 0.15) is 11.5 Å². The SMILES string of the molecule is Oc1ccc2c(O)ccc(-c3ccc(C(F)(F)F)cc3)c2c1. The Morgan fingerprint density at radius 2 is 1.41 bits per heavy atom. The summed E-state index contributed by atoms with van der Waals surface area (Å²) >= 11 is 0. The van der Waals surface area contributed by atoms with Crippen LogP contribution in [0.1, 0.15) is 5.56 Å². The number of rotatable bonds is 1. The third-order valence-corrected chi connectivity index (χ3v) is 3.50. The number of hydrogen-bond acceptors (Lipinski definition) is 2. The van der Waals surface area contributed by atoms with Gasteiger partial charge >= 0.3 is 6.18 Å². The number of phenols is 2. The fourth-order valence-corrected chi connectivity index (χ4v) is 2.41. The normalized spacial score (nSPS) is 11.8. The highest BCUT2D eigenvalue weighted by molar-refractivity contribution is 6.00. The van der Waals surface area contributed by atoms with Gasteiger partial charge in [0.2, 0.25) is 0 Å². The fraction of sp³-hybridized carbons (Fsp3) is 0.0588. The Hall–Kier alpha value is -2.69. The first-order valence-corrected chi connectivity index (χ1v) is 6.48. The van der Waals surface area contributed by atoms with Crippen LogP contribution in [-0.2, 0) is 6.18 Å². The van der Waals surface area contributed by atoms with Crippen LogP contribution in [0.2, 0.25) is 0 Å². The van der Waals surface area contributed by atoms with Crippen LogP contribution < -0.4 is 0 Å². The van der Waals surface area contributed by atoms with Crippen molar-refractivity contribution in [2.45, 2.75) is 6.18 Å². The number of fused-ring (bicyclic) bond motifs is 1. The molecule has 0 saturated carbocycles. The van der Waals surface area contributed by atoms with Crippen molar-refractivity contribution in [2.75, 3.05) is 0 Å². The lowest BCUT2D eigenvalue weighted by molar-refractivity contribution is -0.137. The quantitative estimate of drug-likeness (QED) is 0.668. The van der Waals surface area contributed by atoms with E-state index in [4.69, 9.17) is 0 Å². The van der Waals surface area contributed by atoms with E-state index >= 15 is 0 Å². The summed E-state index contributed by atoms with van der Waals surface area (Å²) < 4.78 is 37.8. The van der Waals surface area contributed by atoms with Crippen LogP contribution in [0.15, 0.2) is 54.6 Å². The monoisotopic (exact) mass is 304 g/mol. The van der Waals surface area contributed by atoms with Crippen molar-refractivity contribution < 1.29 is 23.4 Å². The number of phenolic OH excluding ortho intramolecular Hbond substituents is 2. The van der Waals surface area contributed by atoms with Crippen LogP contribution in [0, 0.1) is 0 Å². The smallest absolute Gasteiger partial charge is 0.416 e. The minimum absolute atomic E-state index is 0.0197. The molecule has 0 saturated heterocycles. The molecule has 0 bridgehead atoms. The Bertz CT molecular complexity index is 837. The Labute approximate surface area is 124 Å².